The molecule has 0 bridgehead atoms. The molecule has 0 saturated carbocycles. The molecule has 0 radical (unpaired) electrons. The minimum atomic E-state index is -4.41. The number of hydrogen-bond donors (Lipinski definition) is 1. The van der Waals surface area contributed by atoms with Crippen molar-refractivity contribution < 1.29 is 22.5 Å². The standard InChI is InChI=1S/C18H15F3N6O2/c19-18(20,21)12-1-3-13(4-2-12)24-15(28)10-27-8-11(9-27)17-25-16(26-29-17)14-7-22-5-6-23-14/h1-7,11H,8-10H2,(H,24,28). The highest BCUT2D eigenvalue weighted by atomic mass is 19.4. The van der Waals surface area contributed by atoms with Crippen LogP contribution in [-0.4, -0.2) is 50.5 Å². The Balaban J connectivity index is 1.26. The van der Waals surface area contributed by atoms with Crippen LogP contribution >= 0.6 is 0 Å². The van der Waals surface area contributed by atoms with Gasteiger partial charge >= 0.3 is 6.18 Å². The molecule has 1 fully saturated rings. The molecule has 29 heavy (non-hydrogen) atoms. The van der Waals surface area contributed by atoms with Crippen molar-refractivity contribution in [1.82, 2.24) is 25.0 Å². The Labute approximate surface area is 162 Å². The Hall–Kier alpha value is -3.34. The molecule has 1 aliphatic rings. The van der Waals surface area contributed by atoms with E-state index in [1.807, 2.05) is 4.90 Å². The molecule has 4 rings (SSSR count). The molecule has 0 spiro atoms. The molecule has 1 amide bonds. The number of rotatable bonds is 5. The van der Waals surface area contributed by atoms with Gasteiger partial charge < -0.3 is 9.84 Å². The smallest absolute Gasteiger partial charge is 0.339 e. The van der Waals surface area contributed by atoms with Gasteiger partial charge in [0.05, 0.1) is 24.2 Å². The molecular formula is C18H15F3N6O2. The molecule has 8 nitrogen and oxygen atoms in total. The highest BCUT2D eigenvalue weighted by Crippen LogP contribution is 2.30. The first kappa shape index (κ1) is 19.0. The van der Waals surface area contributed by atoms with E-state index in [0.29, 0.717) is 36.2 Å². The van der Waals surface area contributed by atoms with Gasteiger partial charge in [-0.25, -0.2) is 4.98 Å². The summed E-state index contributed by atoms with van der Waals surface area (Å²) in [6, 6.07) is 4.32. The number of carbonyl (C=O) groups excluding carboxylic acids is 1. The van der Waals surface area contributed by atoms with Crippen molar-refractivity contribution in [2.24, 2.45) is 0 Å². The van der Waals surface area contributed by atoms with E-state index < -0.39 is 11.7 Å². The number of benzene rings is 1. The summed E-state index contributed by atoms with van der Waals surface area (Å²) in [5, 5.41) is 6.47. The van der Waals surface area contributed by atoms with Crippen LogP contribution in [0.5, 0.6) is 0 Å². The number of aromatic nitrogens is 4. The second-order valence-electron chi connectivity index (χ2n) is 6.56. The lowest BCUT2D eigenvalue weighted by Gasteiger charge is -2.36. The van der Waals surface area contributed by atoms with Crippen molar-refractivity contribution >= 4 is 11.6 Å². The van der Waals surface area contributed by atoms with Gasteiger partial charge in [-0.3, -0.25) is 14.7 Å². The molecule has 2 aromatic heterocycles. The normalized spacial score (nSPS) is 15.1. The van der Waals surface area contributed by atoms with Crippen molar-refractivity contribution in [1.29, 1.82) is 0 Å². The van der Waals surface area contributed by atoms with Crippen LogP contribution in [0.25, 0.3) is 11.5 Å². The van der Waals surface area contributed by atoms with E-state index in [-0.39, 0.29) is 18.4 Å². The summed E-state index contributed by atoms with van der Waals surface area (Å²) < 4.78 is 43.0. The van der Waals surface area contributed by atoms with Crippen LogP contribution in [-0.2, 0) is 11.0 Å². The van der Waals surface area contributed by atoms with Gasteiger partial charge in [0, 0.05) is 31.2 Å². The van der Waals surface area contributed by atoms with E-state index >= 15 is 0 Å². The average molecular weight is 404 g/mol. The highest BCUT2D eigenvalue weighted by molar-refractivity contribution is 5.92. The first-order valence-corrected chi connectivity index (χ1v) is 8.68. The molecule has 3 aromatic rings. The number of anilines is 1. The minimum Gasteiger partial charge on any atom is -0.339 e. The fourth-order valence-corrected chi connectivity index (χ4v) is 2.92. The second kappa shape index (κ2) is 7.59. The Morgan fingerprint density at radius 3 is 2.62 bits per heavy atom. The van der Waals surface area contributed by atoms with Crippen molar-refractivity contribution in [2.75, 3.05) is 25.0 Å². The number of halogens is 3. The van der Waals surface area contributed by atoms with Gasteiger partial charge in [-0.05, 0) is 24.3 Å². The zero-order valence-corrected chi connectivity index (χ0v) is 14.9. The van der Waals surface area contributed by atoms with E-state index in [2.05, 4.69) is 25.4 Å². The maximum Gasteiger partial charge on any atom is 0.416 e. The largest absolute Gasteiger partial charge is 0.416 e. The summed E-state index contributed by atoms with van der Waals surface area (Å²) in [5.74, 6) is 0.512. The van der Waals surface area contributed by atoms with Gasteiger partial charge in [-0.1, -0.05) is 5.16 Å². The first-order valence-electron chi connectivity index (χ1n) is 8.68. The van der Waals surface area contributed by atoms with Crippen LogP contribution in [0.1, 0.15) is 17.4 Å². The fraction of sp³-hybridized carbons (Fsp3) is 0.278. The van der Waals surface area contributed by atoms with Crippen LogP contribution in [0.3, 0.4) is 0 Å². The van der Waals surface area contributed by atoms with Crippen LogP contribution in [0.2, 0.25) is 0 Å². The van der Waals surface area contributed by atoms with Gasteiger partial charge in [0.2, 0.25) is 17.6 Å². The highest BCUT2D eigenvalue weighted by Gasteiger charge is 2.34. The fourth-order valence-electron chi connectivity index (χ4n) is 2.92. The van der Waals surface area contributed by atoms with E-state index in [4.69, 9.17) is 4.52 Å². The summed E-state index contributed by atoms with van der Waals surface area (Å²) in [5.41, 5.74) is 0.0571. The quantitative estimate of drug-likeness (QED) is 0.698. The number of amides is 1. The molecule has 1 N–H and O–H groups in total. The van der Waals surface area contributed by atoms with Crippen LogP contribution in [0, 0.1) is 0 Å². The van der Waals surface area contributed by atoms with E-state index in [0.717, 1.165) is 12.1 Å². The maximum atomic E-state index is 12.6. The maximum absolute atomic E-state index is 12.6. The lowest BCUT2D eigenvalue weighted by atomic mass is 10.0. The lowest BCUT2D eigenvalue weighted by molar-refractivity contribution is -0.137. The molecule has 150 valence electrons. The SMILES string of the molecule is O=C(CN1CC(c2nc(-c3cnccn3)no2)C1)Nc1ccc(C(F)(F)F)cc1. The molecule has 1 saturated heterocycles. The molecule has 1 aliphatic heterocycles. The van der Waals surface area contributed by atoms with Crippen molar-refractivity contribution in [3.8, 4) is 11.5 Å². The Bertz CT molecular complexity index is 985. The minimum absolute atomic E-state index is 0.00629. The Kier molecular flexibility index (Phi) is 4.97. The predicted molar refractivity (Wildman–Crippen MR) is 94.6 cm³/mol. The number of carbonyl (C=O) groups is 1. The molecule has 0 atom stereocenters. The molecule has 0 unspecified atom stereocenters. The summed E-state index contributed by atoms with van der Waals surface area (Å²) in [7, 11) is 0. The first-order chi connectivity index (χ1) is 13.9. The molecule has 3 heterocycles. The van der Waals surface area contributed by atoms with Gasteiger partial charge in [0.15, 0.2) is 0 Å². The molecule has 11 heteroatoms. The second-order valence-corrected chi connectivity index (χ2v) is 6.56. The lowest BCUT2D eigenvalue weighted by Crippen LogP contribution is -2.48. The molecule has 1 aromatic carbocycles. The predicted octanol–water partition coefficient (Wildman–Crippen LogP) is 2.58. The third-order valence-corrected chi connectivity index (χ3v) is 4.40. The third-order valence-electron chi connectivity index (χ3n) is 4.40. The average Bonchev–Trinajstić information content (AvgIpc) is 3.14. The monoisotopic (exact) mass is 404 g/mol. The number of nitrogens with zero attached hydrogens (tertiary/aromatic N) is 5. The summed E-state index contributed by atoms with van der Waals surface area (Å²) in [6.45, 7) is 1.23. The van der Waals surface area contributed by atoms with Gasteiger partial charge in [0.25, 0.3) is 0 Å². The van der Waals surface area contributed by atoms with Gasteiger partial charge in [0.1, 0.15) is 5.69 Å². The van der Waals surface area contributed by atoms with Crippen molar-refractivity contribution in [3.05, 3.63) is 54.3 Å². The number of likely N-dealkylation sites (tertiary alicyclic amines) is 1. The van der Waals surface area contributed by atoms with E-state index in [9.17, 15) is 18.0 Å². The van der Waals surface area contributed by atoms with Crippen molar-refractivity contribution in [3.63, 3.8) is 0 Å². The topological polar surface area (TPSA) is 97.0 Å². The molecule has 0 aliphatic carbocycles. The van der Waals surface area contributed by atoms with Crippen molar-refractivity contribution in [2.45, 2.75) is 12.1 Å². The molecular weight excluding hydrogens is 389 g/mol. The zero-order valence-electron chi connectivity index (χ0n) is 14.9. The number of alkyl halides is 3. The van der Waals surface area contributed by atoms with Gasteiger partial charge in [-0.15, -0.1) is 0 Å². The van der Waals surface area contributed by atoms with Crippen LogP contribution < -0.4 is 5.32 Å². The summed E-state index contributed by atoms with van der Waals surface area (Å²) >= 11 is 0. The summed E-state index contributed by atoms with van der Waals surface area (Å²) in [4.78, 5) is 26.3. The summed E-state index contributed by atoms with van der Waals surface area (Å²) in [6.07, 6.45) is 0.208. The van der Waals surface area contributed by atoms with E-state index in [1.165, 1.54) is 24.5 Å². The van der Waals surface area contributed by atoms with Crippen LogP contribution in [0.15, 0.2) is 47.4 Å². The van der Waals surface area contributed by atoms with Gasteiger partial charge in [-0.2, -0.15) is 18.2 Å². The number of hydrogen-bond acceptors (Lipinski definition) is 7. The van der Waals surface area contributed by atoms with Crippen LogP contribution in [0.4, 0.5) is 18.9 Å². The number of nitrogens with one attached hydrogen (secondary N) is 1. The third kappa shape index (κ3) is 4.40. The Morgan fingerprint density at radius 1 is 1.21 bits per heavy atom. The van der Waals surface area contributed by atoms with E-state index in [1.54, 1.807) is 6.20 Å². The zero-order chi connectivity index (χ0) is 20.4. The Morgan fingerprint density at radius 2 is 1.97 bits per heavy atom.